The molecule has 1 N–H and O–H groups in total. The van der Waals surface area contributed by atoms with Crippen molar-refractivity contribution in [1.29, 1.82) is 0 Å². The summed E-state index contributed by atoms with van der Waals surface area (Å²) in [4.78, 5) is 12.6. The molecule has 9 heteroatoms. The first-order valence-corrected chi connectivity index (χ1v) is 11.9. The molecule has 1 aromatic heterocycles. The molecule has 4 aromatic rings. The van der Waals surface area contributed by atoms with Crippen molar-refractivity contribution in [3.8, 4) is 34.3 Å². The summed E-state index contributed by atoms with van der Waals surface area (Å²) in [6.45, 7) is 0.375. The van der Waals surface area contributed by atoms with Crippen molar-refractivity contribution in [2.45, 2.75) is 11.7 Å². The number of rotatable bonds is 10. The van der Waals surface area contributed by atoms with E-state index in [4.69, 9.17) is 14.2 Å². The van der Waals surface area contributed by atoms with Gasteiger partial charge in [0.05, 0.1) is 27.1 Å². The van der Waals surface area contributed by atoms with Crippen molar-refractivity contribution in [2.75, 3.05) is 27.1 Å². The Morgan fingerprint density at radius 3 is 2.31 bits per heavy atom. The molecule has 0 unspecified atom stereocenters. The first-order valence-electron chi connectivity index (χ1n) is 10.9. The second-order valence-corrected chi connectivity index (χ2v) is 8.40. The van der Waals surface area contributed by atoms with Crippen molar-refractivity contribution in [3.63, 3.8) is 0 Å². The fourth-order valence-electron chi connectivity index (χ4n) is 3.47. The molecular weight excluding hydrogens is 464 g/mol. The predicted octanol–water partition coefficient (Wildman–Crippen LogP) is 4.37. The number of carbonyl (C=O) groups is 1. The van der Waals surface area contributed by atoms with Gasteiger partial charge in [0.2, 0.25) is 5.91 Å². The standard InChI is InChI=1S/C26H26N4O4S/c1-32-21-12-10-20(11-13-21)30-25(19-7-5-4-6-8-19)28-29-26(30)35-17-24(31)27-16-18-9-14-22(33-2)23(15-18)34-3/h4-15H,16-17H2,1-3H3,(H,27,31). The topological polar surface area (TPSA) is 87.5 Å². The van der Waals surface area contributed by atoms with E-state index in [-0.39, 0.29) is 11.7 Å². The van der Waals surface area contributed by atoms with E-state index in [1.165, 1.54) is 11.8 Å². The van der Waals surface area contributed by atoms with Gasteiger partial charge in [0.25, 0.3) is 0 Å². The third-order valence-electron chi connectivity index (χ3n) is 5.27. The largest absolute Gasteiger partial charge is 0.497 e. The number of carbonyl (C=O) groups excluding carboxylic acids is 1. The minimum atomic E-state index is -0.115. The molecule has 0 spiro atoms. The minimum absolute atomic E-state index is 0.115. The highest BCUT2D eigenvalue weighted by atomic mass is 32.2. The Balaban J connectivity index is 1.49. The van der Waals surface area contributed by atoms with Crippen LogP contribution >= 0.6 is 11.8 Å². The number of aromatic nitrogens is 3. The van der Waals surface area contributed by atoms with E-state index in [9.17, 15) is 4.79 Å². The normalized spacial score (nSPS) is 10.6. The van der Waals surface area contributed by atoms with Crippen molar-refractivity contribution in [1.82, 2.24) is 20.1 Å². The maximum Gasteiger partial charge on any atom is 0.230 e. The molecule has 35 heavy (non-hydrogen) atoms. The molecule has 1 amide bonds. The number of benzene rings is 3. The second-order valence-electron chi connectivity index (χ2n) is 7.46. The molecule has 0 bridgehead atoms. The third-order valence-corrected chi connectivity index (χ3v) is 6.19. The lowest BCUT2D eigenvalue weighted by atomic mass is 10.2. The Kier molecular flexibility index (Phi) is 7.89. The zero-order chi connectivity index (χ0) is 24.6. The van der Waals surface area contributed by atoms with Crippen LogP contribution in [-0.4, -0.2) is 47.8 Å². The molecular formula is C26H26N4O4S. The average molecular weight is 491 g/mol. The van der Waals surface area contributed by atoms with Crippen LogP contribution in [0.5, 0.6) is 17.2 Å². The number of amides is 1. The number of ether oxygens (including phenoxy) is 3. The van der Waals surface area contributed by atoms with Crippen LogP contribution in [0.2, 0.25) is 0 Å². The van der Waals surface area contributed by atoms with E-state index in [1.807, 2.05) is 77.4 Å². The first kappa shape index (κ1) is 24.2. The Morgan fingerprint density at radius 1 is 0.886 bits per heavy atom. The van der Waals surface area contributed by atoms with Gasteiger partial charge >= 0.3 is 0 Å². The monoisotopic (exact) mass is 490 g/mol. The van der Waals surface area contributed by atoms with E-state index >= 15 is 0 Å². The second kappa shape index (κ2) is 11.4. The zero-order valence-corrected chi connectivity index (χ0v) is 20.5. The van der Waals surface area contributed by atoms with Crippen LogP contribution in [0.25, 0.3) is 17.1 Å². The zero-order valence-electron chi connectivity index (χ0n) is 19.7. The first-order chi connectivity index (χ1) is 17.1. The summed E-state index contributed by atoms with van der Waals surface area (Å²) in [7, 11) is 4.80. The van der Waals surface area contributed by atoms with Gasteiger partial charge in [0.1, 0.15) is 5.75 Å². The molecule has 0 fully saturated rings. The fraction of sp³-hybridized carbons (Fsp3) is 0.192. The molecule has 0 aliphatic rings. The van der Waals surface area contributed by atoms with Gasteiger partial charge in [-0.2, -0.15) is 0 Å². The molecule has 0 saturated heterocycles. The summed E-state index contributed by atoms with van der Waals surface area (Å²) in [5, 5.41) is 12.4. The quantitative estimate of drug-likeness (QED) is 0.330. The van der Waals surface area contributed by atoms with Crippen molar-refractivity contribution in [2.24, 2.45) is 0 Å². The van der Waals surface area contributed by atoms with E-state index in [0.717, 1.165) is 22.6 Å². The molecule has 0 saturated carbocycles. The van der Waals surface area contributed by atoms with Crippen LogP contribution in [0.4, 0.5) is 0 Å². The Morgan fingerprint density at radius 2 is 1.63 bits per heavy atom. The highest BCUT2D eigenvalue weighted by Gasteiger charge is 2.17. The molecule has 4 rings (SSSR count). The third kappa shape index (κ3) is 5.75. The maximum absolute atomic E-state index is 12.6. The number of methoxy groups -OCH3 is 3. The van der Waals surface area contributed by atoms with Gasteiger partial charge in [-0.25, -0.2) is 0 Å². The number of hydrogen-bond donors (Lipinski definition) is 1. The van der Waals surface area contributed by atoms with Gasteiger partial charge < -0.3 is 19.5 Å². The van der Waals surface area contributed by atoms with Crippen LogP contribution in [0, 0.1) is 0 Å². The summed E-state index contributed by atoms with van der Waals surface area (Å²) in [6, 6.07) is 23.0. The summed E-state index contributed by atoms with van der Waals surface area (Å²) >= 11 is 1.33. The summed E-state index contributed by atoms with van der Waals surface area (Å²) < 4.78 is 17.8. The van der Waals surface area contributed by atoms with Crippen LogP contribution < -0.4 is 19.5 Å². The maximum atomic E-state index is 12.6. The van der Waals surface area contributed by atoms with Gasteiger partial charge in [0.15, 0.2) is 22.5 Å². The lowest BCUT2D eigenvalue weighted by molar-refractivity contribution is -0.118. The SMILES string of the molecule is COc1ccc(-n2c(SCC(=O)NCc3ccc(OC)c(OC)c3)nnc2-c2ccccc2)cc1. The summed E-state index contributed by atoms with van der Waals surface area (Å²) in [5.74, 6) is 2.79. The van der Waals surface area contributed by atoms with Gasteiger partial charge in [0, 0.05) is 17.8 Å². The van der Waals surface area contributed by atoms with E-state index in [0.29, 0.717) is 29.0 Å². The average Bonchev–Trinajstić information content (AvgIpc) is 3.35. The molecule has 180 valence electrons. The van der Waals surface area contributed by atoms with Crippen LogP contribution in [0.15, 0.2) is 78.0 Å². The summed E-state index contributed by atoms with van der Waals surface area (Å²) in [6.07, 6.45) is 0. The molecule has 3 aromatic carbocycles. The molecule has 0 aliphatic heterocycles. The van der Waals surface area contributed by atoms with Crippen molar-refractivity contribution >= 4 is 17.7 Å². The highest BCUT2D eigenvalue weighted by Crippen LogP contribution is 2.29. The Hall–Kier alpha value is -3.98. The number of thioether (sulfide) groups is 1. The van der Waals surface area contributed by atoms with Gasteiger partial charge in [-0.3, -0.25) is 9.36 Å². The molecule has 8 nitrogen and oxygen atoms in total. The van der Waals surface area contributed by atoms with Gasteiger partial charge in [-0.1, -0.05) is 48.2 Å². The smallest absolute Gasteiger partial charge is 0.230 e. The van der Waals surface area contributed by atoms with Crippen LogP contribution in [0.1, 0.15) is 5.56 Å². The fourth-order valence-corrected chi connectivity index (χ4v) is 4.26. The van der Waals surface area contributed by atoms with E-state index in [2.05, 4.69) is 15.5 Å². The number of hydrogen-bond acceptors (Lipinski definition) is 7. The van der Waals surface area contributed by atoms with Crippen LogP contribution in [-0.2, 0) is 11.3 Å². The molecule has 0 atom stereocenters. The van der Waals surface area contributed by atoms with E-state index < -0.39 is 0 Å². The number of nitrogens with one attached hydrogen (secondary N) is 1. The lowest BCUT2D eigenvalue weighted by Gasteiger charge is -2.12. The lowest BCUT2D eigenvalue weighted by Crippen LogP contribution is -2.24. The molecule has 0 radical (unpaired) electrons. The van der Waals surface area contributed by atoms with Crippen LogP contribution in [0.3, 0.4) is 0 Å². The van der Waals surface area contributed by atoms with Crippen molar-refractivity contribution in [3.05, 3.63) is 78.4 Å². The molecule has 1 heterocycles. The number of nitrogens with zero attached hydrogens (tertiary/aromatic N) is 3. The summed E-state index contributed by atoms with van der Waals surface area (Å²) in [5.41, 5.74) is 2.72. The van der Waals surface area contributed by atoms with Gasteiger partial charge in [-0.05, 0) is 42.0 Å². The van der Waals surface area contributed by atoms with Gasteiger partial charge in [-0.15, -0.1) is 10.2 Å². The minimum Gasteiger partial charge on any atom is -0.497 e. The molecule has 0 aliphatic carbocycles. The highest BCUT2D eigenvalue weighted by molar-refractivity contribution is 7.99. The predicted molar refractivity (Wildman–Crippen MR) is 135 cm³/mol. The van der Waals surface area contributed by atoms with E-state index in [1.54, 1.807) is 21.3 Å². The Bertz CT molecular complexity index is 1280. The Labute approximate surface area is 208 Å². The van der Waals surface area contributed by atoms with Crippen molar-refractivity contribution < 1.29 is 19.0 Å².